The van der Waals surface area contributed by atoms with Gasteiger partial charge in [-0.2, -0.15) is 13.8 Å². The molecule has 1 amide bonds. The Morgan fingerprint density at radius 3 is 2.89 bits per heavy atom. The van der Waals surface area contributed by atoms with Crippen LogP contribution in [-0.4, -0.2) is 27.8 Å². The summed E-state index contributed by atoms with van der Waals surface area (Å²) in [5, 5.41) is 15.6. The van der Waals surface area contributed by atoms with Gasteiger partial charge in [0.15, 0.2) is 0 Å². The zero-order valence-electron chi connectivity index (χ0n) is 14.4. The van der Waals surface area contributed by atoms with Crippen molar-refractivity contribution in [3.05, 3.63) is 65.0 Å². The minimum Gasteiger partial charge on any atom is -0.491 e. The molecule has 9 heteroatoms. The number of benzene rings is 2. The zero-order chi connectivity index (χ0) is 19.7. The highest BCUT2D eigenvalue weighted by atomic mass is 19.3. The summed E-state index contributed by atoms with van der Waals surface area (Å²) in [6.07, 6.45) is -2.84. The molecule has 1 aliphatic heterocycles. The van der Waals surface area contributed by atoms with E-state index >= 15 is 0 Å². The third-order valence-corrected chi connectivity index (χ3v) is 4.36. The molecule has 28 heavy (non-hydrogen) atoms. The minimum absolute atomic E-state index is 0.0370. The fraction of sp³-hybridized carbons (Fsp3) is 0.211. The number of carbonyl (C=O) groups is 1. The number of aliphatic hydroxyl groups is 1. The van der Waals surface area contributed by atoms with Crippen LogP contribution in [0.15, 0.2) is 47.0 Å². The third kappa shape index (κ3) is 3.44. The lowest BCUT2D eigenvalue weighted by molar-refractivity contribution is 0.0930. The smallest absolute Gasteiger partial charge is 0.315 e. The molecule has 0 aliphatic carbocycles. The number of halogens is 2. The first kappa shape index (κ1) is 18.1. The number of nitrogens with one attached hydrogen (secondary N) is 1. The number of nitrogens with zero attached hydrogens (tertiary/aromatic N) is 2. The SMILES string of the molecule is O=C(NC1COc2cc(-c3noc(C(F)F)n3)ccc21)c1cccc(CO)c1. The fourth-order valence-electron chi connectivity index (χ4n) is 2.96. The molecule has 1 atom stereocenters. The second-order valence-corrected chi connectivity index (χ2v) is 6.21. The number of amides is 1. The molecule has 0 saturated heterocycles. The standard InChI is InChI=1S/C19H15F2N3O4/c20-16(21)19-23-17(24-28-19)11-4-5-13-14(9-27-15(13)7-11)22-18(26)12-3-1-2-10(6-12)8-25/h1-7,14,16,25H,8-9H2,(H,22,26). The lowest BCUT2D eigenvalue weighted by Gasteiger charge is -2.12. The van der Waals surface area contributed by atoms with Crippen LogP contribution >= 0.6 is 0 Å². The average molecular weight is 387 g/mol. The van der Waals surface area contributed by atoms with Gasteiger partial charge in [0.2, 0.25) is 5.82 Å². The molecule has 1 aliphatic rings. The predicted octanol–water partition coefficient (Wildman–Crippen LogP) is 3.03. The van der Waals surface area contributed by atoms with Gasteiger partial charge in [-0.3, -0.25) is 4.79 Å². The molecule has 144 valence electrons. The number of aliphatic hydroxyl groups excluding tert-OH is 1. The summed E-state index contributed by atoms with van der Waals surface area (Å²) < 4.78 is 35.3. The summed E-state index contributed by atoms with van der Waals surface area (Å²) in [6.45, 7) is 0.0847. The number of rotatable bonds is 5. The molecule has 1 aromatic heterocycles. The van der Waals surface area contributed by atoms with Gasteiger partial charge in [0, 0.05) is 16.7 Å². The third-order valence-electron chi connectivity index (χ3n) is 4.36. The number of aromatic nitrogens is 2. The van der Waals surface area contributed by atoms with Crippen LogP contribution in [0.4, 0.5) is 8.78 Å². The van der Waals surface area contributed by atoms with E-state index in [0.29, 0.717) is 22.4 Å². The second-order valence-electron chi connectivity index (χ2n) is 6.21. The molecule has 7 nitrogen and oxygen atoms in total. The molecule has 2 aromatic carbocycles. The summed E-state index contributed by atoms with van der Waals surface area (Å²) in [5.74, 6) is -0.488. The molecule has 0 spiro atoms. The Morgan fingerprint density at radius 1 is 1.29 bits per heavy atom. The topological polar surface area (TPSA) is 97.5 Å². The van der Waals surface area contributed by atoms with E-state index in [1.807, 2.05) is 0 Å². The predicted molar refractivity (Wildman–Crippen MR) is 92.8 cm³/mol. The fourth-order valence-corrected chi connectivity index (χ4v) is 2.96. The normalized spacial score (nSPS) is 15.4. The minimum atomic E-state index is -2.84. The van der Waals surface area contributed by atoms with Gasteiger partial charge in [0.05, 0.1) is 12.6 Å². The molecule has 4 rings (SSSR count). The maximum atomic E-state index is 12.6. The molecule has 0 radical (unpaired) electrons. The molecular formula is C19H15F2N3O4. The molecule has 2 heterocycles. The Balaban J connectivity index is 1.52. The summed E-state index contributed by atoms with van der Waals surface area (Å²) in [6, 6.07) is 11.3. The van der Waals surface area contributed by atoms with Crippen molar-refractivity contribution in [2.75, 3.05) is 6.61 Å². The van der Waals surface area contributed by atoms with E-state index in [1.165, 1.54) is 0 Å². The largest absolute Gasteiger partial charge is 0.491 e. The van der Waals surface area contributed by atoms with E-state index in [2.05, 4.69) is 20.0 Å². The van der Waals surface area contributed by atoms with Crippen LogP contribution < -0.4 is 10.1 Å². The number of hydrogen-bond donors (Lipinski definition) is 2. The Hall–Kier alpha value is -3.33. The summed E-state index contributed by atoms with van der Waals surface area (Å²) in [5.41, 5.74) is 2.30. The number of alkyl halides is 2. The quantitative estimate of drug-likeness (QED) is 0.699. The van der Waals surface area contributed by atoms with Crippen molar-refractivity contribution in [3.8, 4) is 17.1 Å². The Labute approximate surface area is 157 Å². The lowest BCUT2D eigenvalue weighted by Crippen LogP contribution is -2.29. The molecule has 0 bridgehead atoms. The van der Waals surface area contributed by atoms with Crippen molar-refractivity contribution in [1.82, 2.24) is 15.5 Å². The second kappa shape index (κ2) is 7.35. The van der Waals surface area contributed by atoms with Crippen LogP contribution in [0.1, 0.15) is 39.8 Å². The molecular weight excluding hydrogens is 372 g/mol. The van der Waals surface area contributed by atoms with Gasteiger partial charge in [-0.1, -0.05) is 29.4 Å². The summed E-state index contributed by atoms with van der Waals surface area (Å²) in [4.78, 5) is 16.1. The first-order valence-electron chi connectivity index (χ1n) is 8.44. The van der Waals surface area contributed by atoms with Gasteiger partial charge in [-0.15, -0.1) is 0 Å². The number of carbonyl (C=O) groups excluding carboxylic acids is 1. The van der Waals surface area contributed by atoms with Crippen LogP contribution in [0.25, 0.3) is 11.4 Å². The van der Waals surface area contributed by atoms with Gasteiger partial charge in [-0.25, -0.2) is 0 Å². The molecule has 0 fully saturated rings. The van der Waals surface area contributed by atoms with Crippen molar-refractivity contribution in [2.24, 2.45) is 0 Å². The summed E-state index contributed by atoms with van der Waals surface area (Å²) in [7, 11) is 0. The molecule has 1 unspecified atom stereocenters. The van der Waals surface area contributed by atoms with E-state index in [0.717, 1.165) is 5.56 Å². The van der Waals surface area contributed by atoms with E-state index in [4.69, 9.17) is 4.74 Å². The Kier molecular flexibility index (Phi) is 4.74. The maximum absolute atomic E-state index is 12.6. The molecule has 3 aromatic rings. The Bertz CT molecular complexity index is 1020. The Morgan fingerprint density at radius 2 is 2.14 bits per heavy atom. The number of hydrogen-bond acceptors (Lipinski definition) is 6. The number of ether oxygens (including phenoxy) is 1. The van der Waals surface area contributed by atoms with Crippen molar-refractivity contribution in [3.63, 3.8) is 0 Å². The van der Waals surface area contributed by atoms with Crippen molar-refractivity contribution in [1.29, 1.82) is 0 Å². The van der Waals surface area contributed by atoms with Gasteiger partial charge in [-0.05, 0) is 23.8 Å². The first-order chi connectivity index (χ1) is 13.5. The van der Waals surface area contributed by atoms with Crippen LogP contribution in [-0.2, 0) is 6.61 Å². The lowest BCUT2D eigenvalue weighted by atomic mass is 10.0. The maximum Gasteiger partial charge on any atom is 0.315 e. The molecule has 0 saturated carbocycles. The highest BCUT2D eigenvalue weighted by Gasteiger charge is 2.27. The van der Waals surface area contributed by atoms with Crippen molar-refractivity contribution >= 4 is 5.91 Å². The van der Waals surface area contributed by atoms with Gasteiger partial charge >= 0.3 is 6.43 Å². The zero-order valence-corrected chi connectivity index (χ0v) is 14.4. The average Bonchev–Trinajstić information content (AvgIpc) is 3.35. The van der Waals surface area contributed by atoms with E-state index in [1.54, 1.807) is 42.5 Å². The monoisotopic (exact) mass is 387 g/mol. The van der Waals surface area contributed by atoms with Crippen LogP contribution in [0.5, 0.6) is 5.75 Å². The van der Waals surface area contributed by atoms with Crippen molar-refractivity contribution < 1.29 is 27.9 Å². The first-order valence-corrected chi connectivity index (χ1v) is 8.44. The van der Waals surface area contributed by atoms with Crippen molar-refractivity contribution in [2.45, 2.75) is 19.1 Å². The highest BCUT2D eigenvalue weighted by Crippen LogP contribution is 2.35. The van der Waals surface area contributed by atoms with Gasteiger partial charge < -0.3 is 19.7 Å². The van der Waals surface area contributed by atoms with Crippen LogP contribution in [0, 0.1) is 0 Å². The van der Waals surface area contributed by atoms with Crippen LogP contribution in [0.2, 0.25) is 0 Å². The van der Waals surface area contributed by atoms with Gasteiger partial charge in [0.1, 0.15) is 12.4 Å². The van der Waals surface area contributed by atoms with Crippen LogP contribution in [0.3, 0.4) is 0 Å². The summed E-state index contributed by atoms with van der Waals surface area (Å²) >= 11 is 0. The van der Waals surface area contributed by atoms with E-state index in [-0.39, 0.29) is 31.0 Å². The van der Waals surface area contributed by atoms with Gasteiger partial charge in [0.25, 0.3) is 11.8 Å². The van der Waals surface area contributed by atoms with E-state index in [9.17, 15) is 18.7 Å². The van der Waals surface area contributed by atoms with E-state index < -0.39 is 12.3 Å². The highest BCUT2D eigenvalue weighted by molar-refractivity contribution is 5.94. The molecule has 2 N–H and O–H groups in total. The number of fused-ring (bicyclic) bond motifs is 1.